The van der Waals surface area contributed by atoms with Crippen LogP contribution < -0.4 is 0 Å². The van der Waals surface area contributed by atoms with Gasteiger partial charge in [-0.05, 0) is 96.2 Å². The normalized spacial score (nSPS) is 22.3. The second kappa shape index (κ2) is 11.3. The number of benzene rings is 1. The SMILES string of the molecule is CC1(C)Cc2nc(C3CCCC3)c([C@@H](O)c3cccc(C(C)(C)C)c3)c(C3=CCCC3)c2[C@@H](O[Si](C)(C)C(C)(C)C)C1. The van der Waals surface area contributed by atoms with Gasteiger partial charge in [0.05, 0.1) is 11.8 Å². The van der Waals surface area contributed by atoms with Crippen molar-refractivity contribution in [3.05, 3.63) is 69.5 Å². The molecule has 0 unspecified atom stereocenters. The lowest BCUT2D eigenvalue weighted by atomic mass is 9.71. The van der Waals surface area contributed by atoms with Gasteiger partial charge in [0.1, 0.15) is 6.10 Å². The van der Waals surface area contributed by atoms with Crippen LogP contribution in [0.3, 0.4) is 0 Å². The highest BCUT2D eigenvalue weighted by Gasteiger charge is 2.45. The van der Waals surface area contributed by atoms with E-state index in [0.717, 1.165) is 36.8 Å². The number of hydrogen-bond donors (Lipinski definition) is 1. The summed E-state index contributed by atoms with van der Waals surface area (Å²) in [4.78, 5) is 5.63. The molecule has 0 radical (unpaired) electrons. The van der Waals surface area contributed by atoms with Crippen molar-refractivity contribution < 1.29 is 9.53 Å². The number of fused-ring (bicyclic) bond motifs is 1. The molecule has 4 heteroatoms. The number of rotatable bonds is 6. The van der Waals surface area contributed by atoms with E-state index in [4.69, 9.17) is 9.41 Å². The van der Waals surface area contributed by atoms with Crippen molar-refractivity contribution in [3.8, 4) is 0 Å². The van der Waals surface area contributed by atoms with Crippen molar-refractivity contribution in [2.24, 2.45) is 5.41 Å². The van der Waals surface area contributed by atoms with Gasteiger partial charge in [0.25, 0.3) is 0 Å². The predicted octanol–water partition coefficient (Wildman–Crippen LogP) is 10.7. The number of hydrogen-bond acceptors (Lipinski definition) is 3. The molecule has 0 saturated heterocycles. The molecule has 230 valence electrons. The summed E-state index contributed by atoms with van der Waals surface area (Å²) < 4.78 is 7.37. The molecule has 3 aliphatic carbocycles. The van der Waals surface area contributed by atoms with Gasteiger partial charge in [-0.3, -0.25) is 4.98 Å². The van der Waals surface area contributed by atoms with Gasteiger partial charge in [0.15, 0.2) is 8.32 Å². The molecular weight excluding hydrogens is 531 g/mol. The van der Waals surface area contributed by atoms with Crippen molar-refractivity contribution in [1.82, 2.24) is 4.98 Å². The molecule has 1 N–H and O–H groups in total. The first kappa shape index (κ1) is 31.7. The molecule has 42 heavy (non-hydrogen) atoms. The Labute approximate surface area is 257 Å². The summed E-state index contributed by atoms with van der Waals surface area (Å²) in [7, 11) is -2.07. The Morgan fingerprint density at radius 2 is 1.71 bits per heavy atom. The van der Waals surface area contributed by atoms with Gasteiger partial charge in [-0.2, -0.15) is 0 Å². The molecule has 0 amide bonds. The highest BCUT2D eigenvalue weighted by atomic mass is 28.4. The lowest BCUT2D eigenvalue weighted by Crippen LogP contribution is -2.44. The van der Waals surface area contributed by atoms with Crippen molar-refractivity contribution in [2.45, 2.75) is 155 Å². The van der Waals surface area contributed by atoms with Gasteiger partial charge in [-0.1, -0.05) is 98.6 Å². The molecule has 2 atom stereocenters. The van der Waals surface area contributed by atoms with E-state index in [9.17, 15) is 5.11 Å². The largest absolute Gasteiger partial charge is 0.410 e. The van der Waals surface area contributed by atoms with Crippen LogP contribution in [0, 0.1) is 5.41 Å². The van der Waals surface area contributed by atoms with Crippen LogP contribution in [0.1, 0.15) is 164 Å². The molecule has 1 aromatic carbocycles. The van der Waals surface area contributed by atoms with Crippen LogP contribution in [0.4, 0.5) is 0 Å². The second-order valence-corrected chi connectivity index (χ2v) is 21.7. The van der Waals surface area contributed by atoms with Crippen molar-refractivity contribution in [3.63, 3.8) is 0 Å². The Bertz CT molecular complexity index is 1330. The van der Waals surface area contributed by atoms with Gasteiger partial charge in [0, 0.05) is 22.7 Å². The average Bonchev–Trinajstić information content (AvgIpc) is 3.60. The topological polar surface area (TPSA) is 42.4 Å². The van der Waals surface area contributed by atoms with E-state index in [2.05, 4.69) is 98.8 Å². The van der Waals surface area contributed by atoms with E-state index >= 15 is 0 Å². The lowest BCUT2D eigenvalue weighted by molar-refractivity contribution is 0.105. The first-order valence-electron chi connectivity index (χ1n) is 16.7. The Hall–Kier alpha value is -1.75. The van der Waals surface area contributed by atoms with Crippen LogP contribution in [-0.2, 0) is 16.3 Å². The number of aliphatic hydroxyl groups excluding tert-OH is 1. The van der Waals surface area contributed by atoms with Gasteiger partial charge >= 0.3 is 0 Å². The zero-order valence-electron chi connectivity index (χ0n) is 28.3. The fourth-order valence-electron chi connectivity index (χ4n) is 7.30. The van der Waals surface area contributed by atoms with Crippen molar-refractivity contribution in [1.29, 1.82) is 0 Å². The van der Waals surface area contributed by atoms with Gasteiger partial charge in [-0.25, -0.2) is 0 Å². The van der Waals surface area contributed by atoms with Crippen LogP contribution in [-0.4, -0.2) is 18.4 Å². The highest BCUT2D eigenvalue weighted by Crippen LogP contribution is 2.53. The molecule has 1 heterocycles. The molecule has 0 spiro atoms. The van der Waals surface area contributed by atoms with Crippen LogP contribution in [0.2, 0.25) is 18.1 Å². The fourth-order valence-corrected chi connectivity index (χ4v) is 8.57. The monoisotopic (exact) mass is 587 g/mol. The molecule has 1 fully saturated rings. The van der Waals surface area contributed by atoms with E-state index in [-0.39, 0.29) is 22.0 Å². The minimum Gasteiger partial charge on any atom is -0.410 e. The third-order valence-corrected chi connectivity index (χ3v) is 15.3. The van der Waals surface area contributed by atoms with Gasteiger partial charge in [0.2, 0.25) is 0 Å². The molecular formula is C38H57NO2Si. The number of allylic oxidation sites excluding steroid dienone is 2. The summed E-state index contributed by atoms with van der Waals surface area (Å²) in [6.45, 7) is 23.3. The Kier molecular flexibility index (Phi) is 8.53. The van der Waals surface area contributed by atoms with E-state index in [1.807, 2.05) is 0 Å². The minimum atomic E-state index is -2.07. The zero-order chi connectivity index (χ0) is 30.7. The molecule has 1 saturated carbocycles. The minimum absolute atomic E-state index is 0.00173. The maximum atomic E-state index is 12.5. The van der Waals surface area contributed by atoms with E-state index < -0.39 is 14.4 Å². The number of pyridine rings is 1. The molecule has 3 nitrogen and oxygen atoms in total. The molecule has 1 aromatic heterocycles. The van der Waals surface area contributed by atoms with Crippen molar-refractivity contribution in [2.75, 3.05) is 0 Å². The number of nitrogens with zero attached hydrogens (tertiary/aromatic N) is 1. The maximum absolute atomic E-state index is 12.5. The van der Waals surface area contributed by atoms with E-state index in [1.165, 1.54) is 65.8 Å². The molecule has 0 aliphatic heterocycles. The van der Waals surface area contributed by atoms with Crippen LogP contribution in [0.25, 0.3) is 5.57 Å². The number of aliphatic hydroxyl groups is 1. The van der Waals surface area contributed by atoms with Crippen LogP contribution in [0.15, 0.2) is 30.3 Å². The van der Waals surface area contributed by atoms with Crippen LogP contribution in [0.5, 0.6) is 0 Å². The van der Waals surface area contributed by atoms with E-state index in [1.54, 1.807) is 0 Å². The number of aromatic nitrogens is 1. The summed E-state index contributed by atoms with van der Waals surface area (Å²) in [5, 5.41) is 12.6. The summed E-state index contributed by atoms with van der Waals surface area (Å²) in [5.41, 5.74) is 9.88. The molecule has 2 aromatic rings. The molecule has 0 bridgehead atoms. The highest BCUT2D eigenvalue weighted by molar-refractivity contribution is 6.74. The summed E-state index contributed by atoms with van der Waals surface area (Å²) in [5.74, 6) is 0.413. The maximum Gasteiger partial charge on any atom is 0.192 e. The quantitative estimate of drug-likeness (QED) is 0.342. The first-order valence-corrected chi connectivity index (χ1v) is 19.6. The van der Waals surface area contributed by atoms with Crippen molar-refractivity contribution >= 4 is 13.9 Å². The summed E-state index contributed by atoms with van der Waals surface area (Å²) >= 11 is 0. The van der Waals surface area contributed by atoms with E-state index in [0.29, 0.717) is 5.92 Å². The van der Waals surface area contributed by atoms with Gasteiger partial charge in [-0.15, -0.1) is 0 Å². The predicted molar refractivity (Wildman–Crippen MR) is 180 cm³/mol. The Morgan fingerprint density at radius 1 is 1.02 bits per heavy atom. The Morgan fingerprint density at radius 3 is 2.31 bits per heavy atom. The van der Waals surface area contributed by atoms with Gasteiger partial charge < -0.3 is 9.53 Å². The summed E-state index contributed by atoms with van der Waals surface area (Å²) in [6, 6.07) is 8.69. The smallest absolute Gasteiger partial charge is 0.192 e. The Balaban J connectivity index is 1.79. The molecule has 3 aliphatic rings. The van der Waals surface area contributed by atoms with Crippen LogP contribution >= 0.6 is 0 Å². The average molecular weight is 588 g/mol. The third-order valence-electron chi connectivity index (χ3n) is 10.8. The standard InChI is InChI=1S/C38H57NO2Si/c1-36(2,3)28-21-15-20-27(22-28)35(40)33-31(25-16-11-12-17-25)32-29(39-34(33)26-18-13-14-19-26)23-38(7,8)24-30(32)41-42(9,10)37(4,5)6/h15-16,20-22,26,30,35,40H,11-14,17-19,23-24H2,1-10H3/t30-,35-/m0/s1. The third kappa shape index (κ3) is 6.24. The zero-order valence-corrected chi connectivity index (χ0v) is 29.3. The summed E-state index contributed by atoms with van der Waals surface area (Å²) in [6.07, 6.45) is 11.9. The first-order chi connectivity index (χ1) is 19.5. The second-order valence-electron chi connectivity index (χ2n) is 16.9. The molecule has 5 rings (SSSR count). The fraction of sp³-hybridized carbons (Fsp3) is 0.658. The lowest BCUT2D eigenvalue weighted by Gasteiger charge is -2.45.